The Kier molecular flexibility index (Phi) is 3.96. The smallest absolute Gasteiger partial charge is 0.399 e. The van der Waals surface area contributed by atoms with Crippen molar-refractivity contribution < 1.29 is 26.3 Å². The van der Waals surface area contributed by atoms with Gasteiger partial charge < -0.3 is 11.5 Å². The van der Waals surface area contributed by atoms with Crippen molar-refractivity contribution in [3.8, 4) is 0 Å². The highest BCUT2D eigenvalue weighted by molar-refractivity contribution is 5.46. The summed E-state index contributed by atoms with van der Waals surface area (Å²) < 4.78 is 83.5. The average Bonchev–Trinajstić information content (AvgIpc) is 2.46. The highest BCUT2D eigenvalue weighted by atomic mass is 19.4. The number of hydrogen-bond acceptors (Lipinski definition) is 2. The van der Waals surface area contributed by atoms with Gasteiger partial charge in [0.25, 0.3) is 5.67 Å². The molecule has 1 atom stereocenters. The topological polar surface area (TPSA) is 52.0 Å². The van der Waals surface area contributed by atoms with Gasteiger partial charge in [-0.25, -0.2) is 4.39 Å². The largest absolute Gasteiger partial charge is 0.433 e. The molecule has 2 rings (SSSR count). The maximum Gasteiger partial charge on any atom is 0.433 e. The monoisotopic (exact) mass is 334 g/mol. The van der Waals surface area contributed by atoms with Gasteiger partial charge >= 0.3 is 12.1 Å². The van der Waals surface area contributed by atoms with E-state index in [1.54, 1.807) is 0 Å². The van der Waals surface area contributed by atoms with Gasteiger partial charge in [-0.1, -0.05) is 24.3 Å². The van der Waals surface area contributed by atoms with Crippen molar-refractivity contribution in [3.05, 3.63) is 59.7 Å². The molecule has 0 fully saturated rings. The second-order valence-electron chi connectivity index (χ2n) is 4.98. The van der Waals surface area contributed by atoms with Crippen molar-refractivity contribution in [2.45, 2.75) is 17.8 Å². The van der Waals surface area contributed by atoms with E-state index < -0.39 is 28.9 Å². The van der Waals surface area contributed by atoms with Crippen molar-refractivity contribution in [2.75, 3.05) is 11.5 Å². The predicted octanol–water partition coefficient (Wildman–Crippen LogP) is 4.37. The highest BCUT2D eigenvalue weighted by Crippen LogP contribution is 2.57. The molecule has 4 N–H and O–H groups in total. The van der Waals surface area contributed by atoms with E-state index in [9.17, 15) is 26.3 Å². The van der Waals surface area contributed by atoms with Crippen LogP contribution in [0.5, 0.6) is 0 Å². The summed E-state index contributed by atoms with van der Waals surface area (Å²) in [5, 5.41) is 0. The van der Waals surface area contributed by atoms with Crippen LogP contribution in [0.2, 0.25) is 0 Å². The molecule has 0 aliphatic heterocycles. The number of alkyl halides is 6. The molecular formula is C15H12F6N2. The van der Waals surface area contributed by atoms with Crippen LogP contribution in [0, 0.1) is 0 Å². The quantitative estimate of drug-likeness (QED) is 0.647. The number of nitrogen functional groups attached to an aromatic ring is 2. The predicted molar refractivity (Wildman–Crippen MR) is 74.4 cm³/mol. The first kappa shape index (κ1) is 17.0. The number of rotatable bonds is 3. The zero-order valence-electron chi connectivity index (χ0n) is 11.5. The van der Waals surface area contributed by atoms with E-state index in [2.05, 4.69) is 0 Å². The molecule has 1 unspecified atom stereocenters. The van der Waals surface area contributed by atoms with Crippen LogP contribution in [0.15, 0.2) is 48.5 Å². The summed E-state index contributed by atoms with van der Waals surface area (Å²) in [5.41, 5.74) is 3.09. The normalized spacial score (nSPS) is 15.2. The fourth-order valence-corrected chi connectivity index (χ4v) is 2.17. The molecule has 0 bridgehead atoms. The van der Waals surface area contributed by atoms with Crippen LogP contribution in [0.1, 0.15) is 11.1 Å². The van der Waals surface area contributed by atoms with Crippen molar-refractivity contribution in [1.82, 2.24) is 0 Å². The Hall–Kier alpha value is -2.38. The Bertz CT molecular complexity index is 696. The maximum atomic E-state index is 14.8. The summed E-state index contributed by atoms with van der Waals surface area (Å²) in [6.45, 7) is 0. The number of benzene rings is 2. The summed E-state index contributed by atoms with van der Waals surface area (Å²) in [6.07, 6.45) is -5.86. The number of hydrogen-bond donors (Lipinski definition) is 2. The fourth-order valence-electron chi connectivity index (χ4n) is 2.17. The van der Waals surface area contributed by atoms with Gasteiger partial charge in [0.1, 0.15) is 0 Å². The standard InChI is InChI=1S/C15H12F6N2/c16-13(15(19,20)21,9-4-6-11(22)7-5-9)14(17,18)10-2-1-3-12(23)8-10/h1-8H,22-23H2. The van der Waals surface area contributed by atoms with Crippen LogP contribution >= 0.6 is 0 Å². The molecule has 0 aliphatic carbocycles. The van der Waals surface area contributed by atoms with Gasteiger partial charge in [-0.05, 0) is 24.3 Å². The Morgan fingerprint density at radius 3 is 1.70 bits per heavy atom. The Morgan fingerprint density at radius 2 is 1.22 bits per heavy atom. The molecule has 8 heteroatoms. The molecule has 2 aromatic rings. The third kappa shape index (κ3) is 2.69. The van der Waals surface area contributed by atoms with Crippen molar-refractivity contribution in [3.63, 3.8) is 0 Å². The van der Waals surface area contributed by atoms with Gasteiger partial charge in [0.15, 0.2) is 0 Å². The van der Waals surface area contributed by atoms with Crippen LogP contribution in [-0.4, -0.2) is 6.18 Å². The van der Waals surface area contributed by atoms with Crippen molar-refractivity contribution in [2.24, 2.45) is 0 Å². The van der Waals surface area contributed by atoms with Crippen LogP contribution in [0.3, 0.4) is 0 Å². The van der Waals surface area contributed by atoms with Gasteiger partial charge in [0.05, 0.1) is 0 Å². The first-order valence-corrected chi connectivity index (χ1v) is 6.35. The van der Waals surface area contributed by atoms with Crippen LogP contribution < -0.4 is 11.5 Å². The summed E-state index contributed by atoms with van der Waals surface area (Å²) in [6, 6.07) is 6.54. The van der Waals surface area contributed by atoms with Crippen LogP contribution in [-0.2, 0) is 11.6 Å². The first-order valence-electron chi connectivity index (χ1n) is 6.35. The van der Waals surface area contributed by atoms with E-state index in [1.165, 1.54) is 6.07 Å². The maximum absolute atomic E-state index is 14.8. The molecule has 0 radical (unpaired) electrons. The van der Waals surface area contributed by atoms with E-state index in [-0.39, 0.29) is 11.4 Å². The third-order valence-corrected chi connectivity index (χ3v) is 3.38. The van der Waals surface area contributed by atoms with Gasteiger partial charge in [-0.3, -0.25) is 0 Å². The van der Waals surface area contributed by atoms with Gasteiger partial charge in [-0.2, -0.15) is 22.0 Å². The molecule has 0 saturated carbocycles. The molecule has 124 valence electrons. The second kappa shape index (κ2) is 5.36. The van der Waals surface area contributed by atoms with Crippen LogP contribution in [0.4, 0.5) is 37.7 Å². The second-order valence-corrected chi connectivity index (χ2v) is 4.98. The first-order chi connectivity index (χ1) is 10.5. The molecule has 0 amide bonds. The van der Waals surface area contributed by atoms with Crippen molar-refractivity contribution in [1.29, 1.82) is 0 Å². The molecule has 0 aliphatic rings. The van der Waals surface area contributed by atoms with E-state index in [4.69, 9.17) is 11.5 Å². The molecule has 2 aromatic carbocycles. The number of anilines is 2. The molecule has 0 heterocycles. The highest BCUT2D eigenvalue weighted by Gasteiger charge is 2.72. The Labute approximate surface area is 127 Å². The zero-order valence-corrected chi connectivity index (χ0v) is 11.5. The van der Waals surface area contributed by atoms with E-state index in [0.717, 1.165) is 18.2 Å². The minimum atomic E-state index is -5.86. The lowest BCUT2D eigenvalue weighted by molar-refractivity contribution is -0.314. The minimum absolute atomic E-state index is 0.0190. The lowest BCUT2D eigenvalue weighted by atomic mass is 9.84. The van der Waals surface area contributed by atoms with Gasteiger partial charge in [-0.15, -0.1) is 0 Å². The van der Waals surface area contributed by atoms with E-state index in [0.29, 0.717) is 24.3 Å². The summed E-state index contributed by atoms with van der Waals surface area (Å²) in [4.78, 5) is 0. The van der Waals surface area contributed by atoms with Gasteiger partial charge in [0.2, 0.25) is 0 Å². The van der Waals surface area contributed by atoms with E-state index >= 15 is 0 Å². The lowest BCUT2D eigenvalue weighted by Crippen LogP contribution is -2.51. The molecule has 2 nitrogen and oxygen atoms in total. The Morgan fingerprint density at radius 1 is 0.652 bits per heavy atom. The molecule has 0 spiro atoms. The fraction of sp³-hybridized carbons (Fsp3) is 0.200. The Balaban J connectivity index is 2.69. The van der Waals surface area contributed by atoms with E-state index in [1.807, 2.05) is 0 Å². The molecular weight excluding hydrogens is 322 g/mol. The van der Waals surface area contributed by atoms with Gasteiger partial charge in [0, 0.05) is 22.5 Å². The third-order valence-electron chi connectivity index (χ3n) is 3.38. The number of halogens is 6. The molecule has 0 saturated heterocycles. The average molecular weight is 334 g/mol. The summed E-state index contributed by atoms with van der Waals surface area (Å²) in [7, 11) is 0. The summed E-state index contributed by atoms with van der Waals surface area (Å²) >= 11 is 0. The van der Waals surface area contributed by atoms with Crippen LogP contribution in [0.25, 0.3) is 0 Å². The molecule has 0 aromatic heterocycles. The lowest BCUT2D eigenvalue weighted by Gasteiger charge is -2.35. The summed E-state index contributed by atoms with van der Waals surface area (Å²) in [5.74, 6) is -4.89. The van der Waals surface area contributed by atoms with Crippen molar-refractivity contribution >= 4 is 11.4 Å². The number of nitrogens with two attached hydrogens (primary N) is 2. The SMILES string of the molecule is Nc1ccc(C(F)(C(F)(F)F)C(F)(F)c2cccc(N)c2)cc1. The molecule has 23 heavy (non-hydrogen) atoms. The minimum Gasteiger partial charge on any atom is -0.399 e. The zero-order chi connectivity index (χ0) is 17.5.